The van der Waals surface area contributed by atoms with Gasteiger partial charge in [0.05, 0.1) is 15.9 Å². The largest absolute Gasteiger partial charge is 0.313 e. The number of aromatic nitrogens is 2. The molecule has 3 nitrogen and oxygen atoms in total. The Kier molecular flexibility index (Phi) is 5.53. The summed E-state index contributed by atoms with van der Waals surface area (Å²) in [4.78, 5) is 0. The monoisotopic (exact) mass is 355 g/mol. The van der Waals surface area contributed by atoms with E-state index in [0.717, 1.165) is 32.0 Å². The van der Waals surface area contributed by atoms with Gasteiger partial charge >= 0.3 is 0 Å². The van der Waals surface area contributed by atoms with E-state index in [1.165, 1.54) is 28.7 Å². The zero-order chi connectivity index (χ0) is 15.6. The Labute approximate surface area is 138 Å². The minimum absolute atomic E-state index is 0.267. The van der Waals surface area contributed by atoms with Crippen molar-refractivity contribution in [3.63, 3.8) is 0 Å². The molecule has 21 heavy (non-hydrogen) atoms. The maximum absolute atomic E-state index is 4.75. The van der Waals surface area contributed by atoms with Crippen molar-refractivity contribution in [2.45, 2.75) is 72.9 Å². The van der Waals surface area contributed by atoms with E-state index in [1.54, 1.807) is 0 Å². The highest BCUT2D eigenvalue weighted by molar-refractivity contribution is 9.10. The highest BCUT2D eigenvalue weighted by Gasteiger charge is 2.33. The van der Waals surface area contributed by atoms with Crippen LogP contribution in [0.5, 0.6) is 0 Å². The van der Waals surface area contributed by atoms with Crippen LogP contribution in [0.1, 0.15) is 58.8 Å². The molecule has 4 heteroatoms. The molecule has 1 fully saturated rings. The van der Waals surface area contributed by atoms with Crippen molar-refractivity contribution < 1.29 is 0 Å². The maximum atomic E-state index is 4.75. The van der Waals surface area contributed by atoms with Crippen LogP contribution in [-0.4, -0.2) is 22.4 Å². The Morgan fingerprint density at radius 1 is 1.38 bits per heavy atom. The summed E-state index contributed by atoms with van der Waals surface area (Å²) in [5.74, 6) is 0.640. The summed E-state index contributed by atoms with van der Waals surface area (Å²) in [7, 11) is 0. The second-order valence-corrected chi connectivity index (χ2v) is 7.81. The Hall–Kier alpha value is -0.350. The van der Waals surface area contributed by atoms with E-state index in [0.29, 0.717) is 5.92 Å². The van der Waals surface area contributed by atoms with E-state index in [9.17, 15) is 0 Å². The van der Waals surface area contributed by atoms with Crippen LogP contribution in [0.15, 0.2) is 4.47 Å². The lowest BCUT2D eigenvalue weighted by atomic mass is 9.75. The van der Waals surface area contributed by atoms with Crippen molar-refractivity contribution >= 4 is 15.9 Å². The maximum Gasteiger partial charge on any atom is 0.0766 e. The van der Waals surface area contributed by atoms with Gasteiger partial charge in [-0.2, -0.15) is 5.10 Å². The third kappa shape index (κ3) is 3.89. The lowest BCUT2D eigenvalue weighted by Crippen LogP contribution is -2.39. The molecule has 0 spiro atoms. The van der Waals surface area contributed by atoms with E-state index < -0.39 is 0 Å². The number of hydrogen-bond acceptors (Lipinski definition) is 2. The summed E-state index contributed by atoms with van der Waals surface area (Å²) in [6.45, 7) is 13.5. The van der Waals surface area contributed by atoms with Gasteiger partial charge in [0.15, 0.2) is 0 Å². The van der Waals surface area contributed by atoms with E-state index in [-0.39, 0.29) is 5.41 Å². The predicted octanol–water partition coefficient (Wildman–Crippen LogP) is 4.18. The lowest BCUT2D eigenvalue weighted by molar-refractivity contribution is 0.201. The molecule has 0 saturated heterocycles. The first-order valence-electron chi connectivity index (χ1n) is 8.38. The summed E-state index contributed by atoms with van der Waals surface area (Å²) >= 11 is 3.79. The summed E-state index contributed by atoms with van der Waals surface area (Å²) in [6, 6.07) is 0.772. The average Bonchev–Trinajstić information content (AvgIpc) is 3.23. The second-order valence-electron chi connectivity index (χ2n) is 7.02. The van der Waals surface area contributed by atoms with Crippen LogP contribution in [0.4, 0.5) is 0 Å². The minimum Gasteiger partial charge on any atom is -0.313 e. The third-order valence-corrected chi connectivity index (χ3v) is 5.95. The molecule has 120 valence electrons. The quantitative estimate of drug-likeness (QED) is 0.757. The molecule has 1 aromatic rings. The number of hydrogen-bond donors (Lipinski definition) is 1. The normalized spacial score (nSPS) is 18.2. The molecule has 1 aromatic heterocycles. The molecular formula is C17H30BrN3. The number of nitrogens with one attached hydrogen (secondary N) is 1. The van der Waals surface area contributed by atoms with Crippen molar-refractivity contribution in [2.75, 3.05) is 6.54 Å². The number of aryl methyl sites for hydroxylation is 2. The number of halogens is 1. The fourth-order valence-electron chi connectivity index (χ4n) is 2.70. The Bertz CT molecular complexity index is 477. The predicted molar refractivity (Wildman–Crippen MR) is 92.7 cm³/mol. The first-order chi connectivity index (χ1) is 9.91. The molecule has 0 aromatic carbocycles. The van der Waals surface area contributed by atoms with Crippen LogP contribution in [0.2, 0.25) is 0 Å². The first kappa shape index (κ1) is 17.0. The average molecular weight is 356 g/mol. The molecule has 0 aliphatic heterocycles. The number of nitrogens with zero attached hydrogens (tertiary/aromatic N) is 2. The van der Waals surface area contributed by atoms with Crippen molar-refractivity contribution in [3.05, 3.63) is 15.9 Å². The lowest BCUT2D eigenvalue weighted by Gasteiger charge is -2.34. The molecule has 1 aliphatic rings. The van der Waals surface area contributed by atoms with E-state index in [2.05, 4.69) is 60.5 Å². The van der Waals surface area contributed by atoms with E-state index in [4.69, 9.17) is 5.10 Å². The Morgan fingerprint density at radius 2 is 2.05 bits per heavy atom. The van der Waals surface area contributed by atoms with Crippen LogP contribution in [0, 0.1) is 11.3 Å². The molecule has 1 unspecified atom stereocenters. The molecule has 1 heterocycles. The van der Waals surface area contributed by atoms with Crippen LogP contribution in [-0.2, 0) is 19.4 Å². The summed E-state index contributed by atoms with van der Waals surface area (Å²) in [5.41, 5.74) is 2.82. The summed E-state index contributed by atoms with van der Waals surface area (Å²) in [6.07, 6.45) is 4.76. The highest BCUT2D eigenvalue weighted by atomic mass is 79.9. The van der Waals surface area contributed by atoms with E-state index in [1.807, 2.05) is 0 Å². The summed E-state index contributed by atoms with van der Waals surface area (Å²) in [5, 5.41) is 8.48. The molecular weight excluding hydrogens is 326 g/mol. The molecule has 1 aliphatic carbocycles. The van der Waals surface area contributed by atoms with Crippen LogP contribution >= 0.6 is 15.9 Å². The molecule has 0 radical (unpaired) electrons. The third-order valence-electron chi connectivity index (χ3n) is 5.03. The fourth-order valence-corrected chi connectivity index (χ4v) is 3.41. The topological polar surface area (TPSA) is 29.9 Å². The zero-order valence-corrected chi connectivity index (χ0v) is 15.8. The van der Waals surface area contributed by atoms with Gasteiger partial charge in [0.25, 0.3) is 0 Å². The van der Waals surface area contributed by atoms with Gasteiger partial charge in [-0.1, -0.05) is 27.7 Å². The van der Waals surface area contributed by atoms with Gasteiger partial charge < -0.3 is 5.32 Å². The van der Waals surface area contributed by atoms with Gasteiger partial charge in [0.1, 0.15) is 0 Å². The standard InChI is InChI=1S/C17H30BrN3/c1-6-14-16(18)15(21(7-2)20-14)10-17(5,12(3)4)11-19-13-8-9-13/h12-13,19H,6-11H2,1-5H3. The molecule has 1 saturated carbocycles. The smallest absolute Gasteiger partial charge is 0.0766 e. The molecule has 1 N–H and O–H groups in total. The van der Waals surface area contributed by atoms with Gasteiger partial charge in [0, 0.05) is 19.1 Å². The van der Waals surface area contributed by atoms with Gasteiger partial charge in [-0.3, -0.25) is 4.68 Å². The molecule has 0 bridgehead atoms. The zero-order valence-electron chi connectivity index (χ0n) is 14.2. The number of rotatable bonds is 8. The summed E-state index contributed by atoms with van der Waals surface area (Å²) < 4.78 is 3.41. The van der Waals surface area contributed by atoms with Crippen molar-refractivity contribution in [1.29, 1.82) is 0 Å². The van der Waals surface area contributed by atoms with Crippen molar-refractivity contribution in [1.82, 2.24) is 15.1 Å². The van der Waals surface area contributed by atoms with Crippen molar-refractivity contribution in [2.24, 2.45) is 11.3 Å². The van der Waals surface area contributed by atoms with Crippen LogP contribution in [0.25, 0.3) is 0 Å². The second kappa shape index (κ2) is 6.82. The fraction of sp³-hybridized carbons (Fsp3) is 0.824. The van der Waals surface area contributed by atoms with Gasteiger partial charge in [-0.15, -0.1) is 0 Å². The molecule has 1 atom stereocenters. The van der Waals surface area contributed by atoms with E-state index >= 15 is 0 Å². The van der Waals surface area contributed by atoms with Crippen LogP contribution < -0.4 is 5.32 Å². The Morgan fingerprint density at radius 3 is 2.52 bits per heavy atom. The molecule has 0 amide bonds. The minimum atomic E-state index is 0.267. The first-order valence-corrected chi connectivity index (χ1v) is 9.18. The highest BCUT2D eigenvalue weighted by Crippen LogP contribution is 2.35. The van der Waals surface area contributed by atoms with Crippen molar-refractivity contribution in [3.8, 4) is 0 Å². The van der Waals surface area contributed by atoms with Crippen LogP contribution in [0.3, 0.4) is 0 Å². The Balaban J connectivity index is 2.20. The van der Waals surface area contributed by atoms with Gasteiger partial charge in [0.2, 0.25) is 0 Å². The van der Waals surface area contributed by atoms with Gasteiger partial charge in [-0.25, -0.2) is 0 Å². The molecule has 2 rings (SSSR count). The SMILES string of the molecule is CCc1nn(CC)c(CC(C)(CNC2CC2)C(C)C)c1Br. The van der Waals surface area contributed by atoms with Gasteiger partial charge in [-0.05, 0) is 59.9 Å².